The Bertz CT molecular complexity index is 284. The van der Waals surface area contributed by atoms with Crippen molar-refractivity contribution in [2.75, 3.05) is 0 Å². The maximum absolute atomic E-state index is 6.08. The summed E-state index contributed by atoms with van der Waals surface area (Å²) in [6, 6.07) is 0. The van der Waals surface area contributed by atoms with E-state index in [1.54, 1.807) is 0 Å². The van der Waals surface area contributed by atoms with Crippen molar-refractivity contribution in [2.24, 2.45) is 22.9 Å². The van der Waals surface area contributed by atoms with Crippen molar-refractivity contribution in [3.05, 3.63) is 0 Å². The Morgan fingerprint density at radius 1 is 0.480 bits per heavy atom. The molecule has 0 aliphatic rings. The van der Waals surface area contributed by atoms with Crippen LogP contribution >= 0.6 is 0 Å². The van der Waals surface area contributed by atoms with E-state index in [0.29, 0.717) is 0 Å². The fourth-order valence-corrected chi connectivity index (χ4v) is 3.26. The Hall–Kier alpha value is -0.160. The van der Waals surface area contributed by atoms with Gasteiger partial charge in [0.05, 0.1) is 5.54 Å². The highest BCUT2D eigenvalue weighted by atomic mass is 15.2. The van der Waals surface area contributed by atoms with Crippen LogP contribution in [0.25, 0.3) is 0 Å². The average molecular weight is 357 g/mol. The molecule has 0 heterocycles. The van der Waals surface area contributed by atoms with Crippen LogP contribution in [0, 0.1) is 0 Å². The van der Waals surface area contributed by atoms with Crippen molar-refractivity contribution >= 4 is 0 Å². The fourth-order valence-electron chi connectivity index (χ4n) is 3.26. The van der Waals surface area contributed by atoms with Crippen LogP contribution in [-0.2, 0) is 0 Å². The Balaban J connectivity index is 3.22. The summed E-state index contributed by atoms with van der Waals surface area (Å²) in [5, 5.41) is 0. The van der Waals surface area contributed by atoms with Gasteiger partial charge in [0.15, 0.2) is 0 Å². The lowest BCUT2D eigenvalue weighted by Crippen LogP contribution is -2.75. The Kier molecular flexibility index (Phi) is 14.9. The van der Waals surface area contributed by atoms with E-state index < -0.39 is 11.3 Å². The van der Waals surface area contributed by atoms with Gasteiger partial charge in [-0.25, -0.2) is 0 Å². The summed E-state index contributed by atoms with van der Waals surface area (Å²) in [6.45, 7) is 4.13. The zero-order chi connectivity index (χ0) is 19.0. The molecule has 0 saturated carbocycles. The molecule has 0 aliphatic carbocycles. The third kappa shape index (κ3) is 14.7. The van der Waals surface area contributed by atoms with Crippen LogP contribution in [0.2, 0.25) is 0 Å². The molecule has 0 amide bonds. The van der Waals surface area contributed by atoms with Crippen molar-refractivity contribution in [1.29, 1.82) is 0 Å². The summed E-state index contributed by atoms with van der Waals surface area (Å²) in [6.07, 6.45) is 22.6. The Labute approximate surface area is 157 Å². The second-order valence-corrected chi connectivity index (χ2v) is 8.40. The standard InChI is InChI=1S/C21H48N4/c1-3-4-5-6-7-8-9-10-11-12-13-14-15-16-17-18-19-20(2,22)21(23,24)25/h3-19,22-25H2,1-2H3. The minimum absolute atomic E-state index is 0.691. The monoisotopic (exact) mass is 356 g/mol. The second-order valence-electron chi connectivity index (χ2n) is 8.40. The highest BCUT2D eigenvalue weighted by molar-refractivity contribution is 4.95. The van der Waals surface area contributed by atoms with Crippen molar-refractivity contribution in [1.82, 2.24) is 0 Å². The average Bonchev–Trinajstić information content (AvgIpc) is 2.53. The minimum Gasteiger partial charge on any atom is -0.322 e. The molecule has 152 valence electrons. The smallest absolute Gasteiger partial charge is 0.134 e. The molecule has 0 aromatic rings. The van der Waals surface area contributed by atoms with Crippen molar-refractivity contribution in [3.8, 4) is 0 Å². The lowest BCUT2D eigenvalue weighted by Gasteiger charge is -2.37. The largest absolute Gasteiger partial charge is 0.322 e. The number of hydrogen-bond donors (Lipinski definition) is 4. The molecule has 4 nitrogen and oxygen atoms in total. The van der Waals surface area contributed by atoms with E-state index in [-0.39, 0.29) is 0 Å². The molecular weight excluding hydrogens is 308 g/mol. The zero-order valence-corrected chi connectivity index (χ0v) is 17.3. The zero-order valence-electron chi connectivity index (χ0n) is 17.3. The van der Waals surface area contributed by atoms with E-state index in [9.17, 15) is 0 Å². The van der Waals surface area contributed by atoms with Gasteiger partial charge in [0.1, 0.15) is 5.79 Å². The molecule has 0 aromatic carbocycles. The van der Waals surface area contributed by atoms with Gasteiger partial charge in [-0.1, -0.05) is 110 Å². The highest BCUT2D eigenvalue weighted by Gasteiger charge is 2.34. The van der Waals surface area contributed by atoms with Crippen LogP contribution in [0.5, 0.6) is 0 Å². The molecule has 0 fully saturated rings. The van der Waals surface area contributed by atoms with Crippen LogP contribution in [0.15, 0.2) is 0 Å². The number of hydrogen-bond acceptors (Lipinski definition) is 4. The number of nitrogens with two attached hydrogens (primary N) is 4. The summed E-state index contributed by atoms with van der Waals surface area (Å²) in [4.78, 5) is 0. The topological polar surface area (TPSA) is 104 Å². The maximum Gasteiger partial charge on any atom is 0.134 e. The maximum atomic E-state index is 6.08. The second kappa shape index (κ2) is 15.0. The van der Waals surface area contributed by atoms with Crippen LogP contribution < -0.4 is 22.9 Å². The summed E-state index contributed by atoms with van der Waals surface area (Å²) in [5.74, 6) is -1.29. The summed E-state index contributed by atoms with van der Waals surface area (Å²) >= 11 is 0. The van der Waals surface area contributed by atoms with Gasteiger partial charge in [-0.05, 0) is 13.3 Å². The first-order chi connectivity index (χ1) is 11.8. The van der Waals surface area contributed by atoms with Gasteiger partial charge in [-0.2, -0.15) is 0 Å². The van der Waals surface area contributed by atoms with Crippen molar-refractivity contribution in [3.63, 3.8) is 0 Å². The first kappa shape index (κ1) is 24.8. The summed E-state index contributed by atoms with van der Waals surface area (Å²) in [7, 11) is 0. The van der Waals surface area contributed by atoms with Crippen LogP contribution in [-0.4, -0.2) is 11.3 Å². The van der Waals surface area contributed by atoms with Gasteiger partial charge in [-0.15, -0.1) is 0 Å². The van der Waals surface area contributed by atoms with Gasteiger partial charge >= 0.3 is 0 Å². The lowest BCUT2D eigenvalue weighted by molar-refractivity contribution is 0.230. The molecule has 0 spiro atoms. The lowest BCUT2D eigenvalue weighted by atomic mass is 9.88. The molecule has 0 saturated heterocycles. The molecule has 8 N–H and O–H groups in total. The SMILES string of the molecule is CCCCCCCCCCCCCCCCCCC(C)(N)C(N)(N)N. The first-order valence-electron chi connectivity index (χ1n) is 11.0. The van der Waals surface area contributed by atoms with Gasteiger partial charge in [0, 0.05) is 0 Å². The van der Waals surface area contributed by atoms with E-state index in [4.69, 9.17) is 22.9 Å². The predicted octanol–water partition coefficient (Wildman–Crippen LogP) is 4.89. The van der Waals surface area contributed by atoms with E-state index in [2.05, 4.69) is 6.92 Å². The molecule has 0 bridgehead atoms. The van der Waals surface area contributed by atoms with E-state index in [0.717, 1.165) is 12.8 Å². The molecule has 1 unspecified atom stereocenters. The molecular formula is C21H48N4. The summed E-state index contributed by atoms with van der Waals surface area (Å²) in [5.41, 5.74) is 22.5. The van der Waals surface area contributed by atoms with Crippen molar-refractivity contribution < 1.29 is 0 Å². The first-order valence-corrected chi connectivity index (χ1v) is 11.0. The molecule has 4 heteroatoms. The Morgan fingerprint density at radius 2 is 0.760 bits per heavy atom. The Morgan fingerprint density at radius 3 is 1.04 bits per heavy atom. The fraction of sp³-hybridized carbons (Fsp3) is 1.00. The van der Waals surface area contributed by atoms with Crippen LogP contribution in [0.3, 0.4) is 0 Å². The number of rotatable bonds is 18. The molecule has 0 rings (SSSR count). The number of unbranched alkanes of at least 4 members (excludes halogenated alkanes) is 15. The third-order valence-electron chi connectivity index (χ3n) is 5.54. The normalized spacial score (nSPS) is 14.6. The van der Waals surface area contributed by atoms with Gasteiger partial charge in [-0.3, -0.25) is 17.2 Å². The molecule has 25 heavy (non-hydrogen) atoms. The highest BCUT2D eigenvalue weighted by Crippen LogP contribution is 2.18. The van der Waals surface area contributed by atoms with Gasteiger partial charge in [0.25, 0.3) is 0 Å². The quantitative estimate of drug-likeness (QED) is 0.207. The predicted molar refractivity (Wildman–Crippen MR) is 112 cm³/mol. The summed E-state index contributed by atoms with van der Waals surface area (Å²) < 4.78 is 0. The van der Waals surface area contributed by atoms with Crippen molar-refractivity contribution in [2.45, 2.75) is 134 Å². The van der Waals surface area contributed by atoms with E-state index in [1.807, 2.05) is 6.92 Å². The van der Waals surface area contributed by atoms with Crippen LogP contribution in [0.1, 0.15) is 123 Å². The molecule has 0 radical (unpaired) electrons. The third-order valence-corrected chi connectivity index (χ3v) is 5.54. The van der Waals surface area contributed by atoms with Crippen LogP contribution in [0.4, 0.5) is 0 Å². The molecule has 0 aromatic heterocycles. The molecule has 0 aliphatic heterocycles. The minimum atomic E-state index is -1.29. The molecule has 1 atom stereocenters. The van der Waals surface area contributed by atoms with E-state index in [1.165, 1.54) is 96.3 Å². The van der Waals surface area contributed by atoms with E-state index >= 15 is 0 Å². The van der Waals surface area contributed by atoms with Gasteiger partial charge < -0.3 is 5.73 Å². The van der Waals surface area contributed by atoms with Gasteiger partial charge in [0.2, 0.25) is 0 Å².